The lowest BCUT2D eigenvalue weighted by Gasteiger charge is -2.30. The third-order valence-electron chi connectivity index (χ3n) is 2.74. The molecule has 88 valence electrons. The van der Waals surface area contributed by atoms with E-state index in [1.165, 1.54) is 0 Å². The highest BCUT2D eigenvalue weighted by Gasteiger charge is 2.28. The molecule has 2 nitrogen and oxygen atoms in total. The van der Waals surface area contributed by atoms with Gasteiger partial charge >= 0.3 is 0 Å². The molecule has 0 amide bonds. The van der Waals surface area contributed by atoms with Gasteiger partial charge in [-0.2, -0.15) is 0 Å². The average molecular weight is 261 g/mol. The number of rotatable bonds is 3. The summed E-state index contributed by atoms with van der Waals surface area (Å²) in [6.45, 7) is 1.90. The van der Waals surface area contributed by atoms with Gasteiger partial charge in [0.2, 0.25) is 5.78 Å². The van der Waals surface area contributed by atoms with Crippen LogP contribution in [0.15, 0.2) is 18.2 Å². The molecule has 0 aliphatic heterocycles. The second-order valence-electron chi connectivity index (χ2n) is 4.78. The standard InChI is InChI=1S/C12H16Cl2NO/c1-8(15(2,3)4)12(16)10-6-5-9(13)7-11(10)14/h5-8H,1-4H3/q+1. The van der Waals surface area contributed by atoms with Gasteiger partial charge in [0, 0.05) is 10.6 Å². The summed E-state index contributed by atoms with van der Waals surface area (Å²) in [6.07, 6.45) is 0. The van der Waals surface area contributed by atoms with E-state index in [1.54, 1.807) is 18.2 Å². The van der Waals surface area contributed by atoms with Crippen molar-refractivity contribution in [2.75, 3.05) is 21.1 Å². The van der Waals surface area contributed by atoms with Gasteiger partial charge in [0.15, 0.2) is 0 Å². The largest absolute Gasteiger partial charge is 0.322 e. The van der Waals surface area contributed by atoms with Crippen LogP contribution in [0, 0.1) is 0 Å². The number of quaternary nitrogens is 1. The lowest BCUT2D eigenvalue weighted by molar-refractivity contribution is -0.883. The summed E-state index contributed by atoms with van der Waals surface area (Å²) in [5, 5.41) is 0.956. The van der Waals surface area contributed by atoms with Crippen molar-refractivity contribution in [2.45, 2.75) is 13.0 Å². The van der Waals surface area contributed by atoms with Crippen LogP contribution in [0.5, 0.6) is 0 Å². The minimum atomic E-state index is -0.140. The van der Waals surface area contributed by atoms with Gasteiger partial charge in [-0.3, -0.25) is 4.79 Å². The molecule has 0 aliphatic carbocycles. The molecule has 0 saturated carbocycles. The number of hydrogen-bond acceptors (Lipinski definition) is 1. The Morgan fingerprint density at radius 2 is 1.81 bits per heavy atom. The smallest absolute Gasteiger partial charge is 0.221 e. The van der Waals surface area contributed by atoms with Gasteiger partial charge in [0.25, 0.3) is 0 Å². The molecule has 1 unspecified atom stereocenters. The summed E-state index contributed by atoms with van der Waals surface area (Å²) >= 11 is 11.8. The second-order valence-corrected chi connectivity index (χ2v) is 5.62. The quantitative estimate of drug-likeness (QED) is 0.603. The molecule has 1 atom stereocenters. The number of hydrogen-bond donors (Lipinski definition) is 0. The van der Waals surface area contributed by atoms with Crippen LogP contribution in [-0.4, -0.2) is 37.5 Å². The number of carbonyl (C=O) groups is 1. The van der Waals surface area contributed by atoms with Crippen molar-refractivity contribution in [3.63, 3.8) is 0 Å². The zero-order valence-electron chi connectivity index (χ0n) is 9.92. The van der Waals surface area contributed by atoms with Crippen LogP contribution < -0.4 is 0 Å². The van der Waals surface area contributed by atoms with Crippen molar-refractivity contribution < 1.29 is 9.28 Å². The zero-order chi connectivity index (χ0) is 12.5. The van der Waals surface area contributed by atoms with Gasteiger partial charge in [-0.05, 0) is 25.1 Å². The maximum absolute atomic E-state index is 12.2. The molecule has 16 heavy (non-hydrogen) atoms. The van der Waals surface area contributed by atoms with E-state index in [4.69, 9.17) is 23.2 Å². The van der Waals surface area contributed by atoms with E-state index < -0.39 is 0 Å². The first-order valence-corrected chi connectivity index (χ1v) is 5.79. The zero-order valence-corrected chi connectivity index (χ0v) is 11.4. The third-order valence-corrected chi connectivity index (χ3v) is 3.29. The van der Waals surface area contributed by atoms with E-state index in [2.05, 4.69) is 0 Å². The summed E-state index contributed by atoms with van der Waals surface area (Å²) in [7, 11) is 5.94. The monoisotopic (exact) mass is 260 g/mol. The molecule has 0 radical (unpaired) electrons. The summed E-state index contributed by atoms with van der Waals surface area (Å²) in [6, 6.07) is 4.82. The van der Waals surface area contributed by atoms with Gasteiger partial charge in [-0.1, -0.05) is 23.2 Å². The van der Waals surface area contributed by atoms with Gasteiger partial charge < -0.3 is 4.48 Å². The summed E-state index contributed by atoms with van der Waals surface area (Å²) < 4.78 is 0.567. The summed E-state index contributed by atoms with van der Waals surface area (Å²) in [5.74, 6) is 0.0363. The minimum Gasteiger partial charge on any atom is -0.322 e. The third kappa shape index (κ3) is 2.97. The van der Waals surface area contributed by atoms with Crippen LogP contribution in [0.2, 0.25) is 10.0 Å². The molecule has 0 heterocycles. The first kappa shape index (κ1) is 13.5. The minimum absolute atomic E-state index is 0.0363. The molecule has 0 N–H and O–H groups in total. The Bertz CT molecular complexity index is 410. The van der Waals surface area contributed by atoms with E-state index in [1.807, 2.05) is 28.1 Å². The molecule has 1 aromatic carbocycles. The highest BCUT2D eigenvalue weighted by atomic mass is 35.5. The molecule has 4 heteroatoms. The molecule has 1 aromatic rings. The van der Waals surface area contributed by atoms with E-state index in [9.17, 15) is 4.79 Å². The molecular formula is C12H16Cl2NO+. The van der Waals surface area contributed by atoms with Crippen molar-refractivity contribution in [3.05, 3.63) is 33.8 Å². The molecular weight excluding hydrogens is 245 g/mol. The Morgan fingerprint density at radius 1 is 1.25 bits per heavy atom. The number of ketones is 1. The predicted octanol–water partition coefficient (Wildman–Crippen LogP) is 3.27. The molecule has 0 aromatic heterocycles. The van der Waals surface area contributed by atoms with Crippen molar-refractivity contribution in [3.8, 4) is 0 Å². The summed E-state index contributed by atoms with van der Waals surface area (Å²) in [5.41, 5.74) is 0.534. The van der Waals surface area contributed by atoms with Crippen molar-refractivity contribution in [2.24, 2.45) is 0 Å². The van der Waals surface area contributed by atoms with Crippen LogP contribution in [0.3, 0.4) is 0 Å². The second kappa shape index (κ2) is 4.74. The van der Waals surface area contributed by atoms with Gasteiger partial charge in [0.1, 0.15) is 6.04 Å². The lowest BCUT2D eigenvalue weighted by atomic mass is 10.0. The number of benzene rings is 1. The van der Waals surface area contributed by atoms with Gasteiger partial charge in [0.05, 0.1) is 26.2 Å². The predicted molar refractivity (Wildman–Crippen MR) is 68.3 cm³/mol. The number of nitrogens with zero attached hydrogens (tertiary/aromatic N) is 1. The fourth-order valence-corrected chi connectivity index (χ4v) is 1.77. The van der Waals surface area contributed by atoms with E-state index >= 15 is 0 Å². The topological polar surface area (TPSA) is 17.1 Å². The van der Waals surface area contributed by atoms with Crippen LogP contribution >= 0.6 is 23.2 Å². The van der Waals surface area contributed by atoms with Crippen LogP contribution in [0.25, 0.3) is 0 Å². The average Bonchev–Trinajstić information content (AvgIpc) is 2.14. The summed E-state index contributed by atoms with van der Waals surface area (Å²) in [4.78, 5) is 12.2. The number of halogens is 2. The molecule has 0 bridgehead atoms. The first-order chi connectivity index (χ1) is 7.23. The Balaban J connectivity index is 3.06. The highest BCUT2D eigenvalue weighted by Crippen LogP contribution is 2.23. The first-order valence-electron chi connectivity index (χ1n) is 5.04. The SMILES string of the molecule is CC(C(=O)c1ccc(Cl)cc1Cl)[N+](C)(C)C. The lowest BCUT2D eigenvalue weighted by Crippen LogP contribution is -2.47. The van der Waals surface area contributed by atoms with Crippen LogP contribution in [0.1, 0.15) is 17.3 Å². The van der Waals surface area contributed by atoms with Crippen molar-refractivity contribution >= 4 is 29.0 Å². The fraction of sp³-hybridized carbons (Fsp3) is 0.417. The Hall–Kier alpha value is -0.570. The number of Topliss-reactive ketones (excluding diaryl/α,β-unsaturated/α-hetero) is 1. The molecule has 1 rings (SSSR count). The number of likely N-dealkylation sites (N-methyl/N-ethyl adjacent to an activating group) is 1. The Labute approximate surface area is 106 Å². The molecule has 0 spiro atoms. The Morgan fingerprint density at radius 3 is 2.25 bits per heavy atom. The molecule has 0 fully saturated rings. The van der Waals surface area contributed by atoms with Gasteiger partial charge in [-0.15, -0.1) is 0 Å². The van der Waals surface area contributed by atoms with E-state index in [0.717, 1.165) is 0 Å². The van der Waals surface area contributed by atoms with Crippen molar-refractivity contribution in [1.29, 1.82) is 0 Å². The maximum Gasteiger partial charge on any atom is 0.221 e. The maximum atomic E-state index is 12.2. The highest BCUT2D eigenvalue weighted by molar-refractivity contribution is 6.37. The fourth-order valence-electron chi connectivity index (χ4n) is 1.27. The normalized spacial score (nSPS) is 13.6. The van der Waals surface area contributed by atoms with E-state index in [-0.39, 0.29) is 11.8 Å². The van der Waals surface area contributed by atoms with E-state index in [0.29, 0.717) is 20.1 Å². The van der Waals surface area contributed by atoms with Crippen molar-refractivity contribution in [1.82, 2.24) is 0 Å². The molecule has 0 saturated heterocycles. The van der Waals surface area contributed by atoms with Crippen LogP contribution in [-0.2, 0) is 0 Å². The number of carbonyl (C=O) groups excluding carboxylic acids is 1. The molecule has 0 aliphatic rings. The van der Waals surface area contributed by atoms with Gasteiger partial charge in [-0.25, -0.2) is 0 Å². The Kier molecular flexibility index (Phi) is 4.00. The van der Waals surface area contributed by atoms with Crippen LogP contribution in [0.4, 0.5) is 0 Å².